The third kappa shape index (κ3) is 3.55. The fourth-order valence-corrected chi connectivity index (χ4v) is 3.85. The van der Waals surface area contributed by atoms with E-state index in [1.165, 1.54) is 7.05 Å². The Kier molecular flexibility index (Phi) is 5.25. The van der Waals surface area contributed by atoms with Gasteiger partial charge in [0.15, 0.2) is 0 Å². The fourth-order valence-electron chi connectivity index (χ4n) is 3.72. The molecular weight excluding hydrogens is 414 g/mol. The highest BCUT2D eigenvalue weighted by molar-refractivity contribution is 6.39. The summed E-state index contributed by atoms with van der Waals surface area (Å²) in [5.74, 6) is -1.27. The van der Waals surface area contributed by atoms with Gasteiger partial charge in [0.05, 0.1) is 5.69 Å². The molecule has 0 N–H and O–H groups in total. The first-order valence-corrected chi connectivity index (χ1v) is 10.1. The lowest BCUT2D eigenvalue weighted by molar-refractivity contribution is -0.128. The van der Waals surface area contributed by atoms with Gasteiger partial charge in [-0.3, -0.25) is 14.5 Å². The van der Waals surface area contributed by atoms with Gasteiger partial charge in [-0.1, -0.05) is 29.8 Å². The van der Waals surface area contributed by atoms with Crippen LogP contribution in [0.3, 0.4) is 0 Å². The number of halogens is 1. The molecule has 2 aromatic carbocycles. The molecule has 3 aromatic rings. The van der Waals surface area contributed by atoms with E-state index in [1.54, 1.807) is 48.5 Å². The number of hydrogen-bond acceptors (Lipinski definition) is 3. The number of rotatable bonds is 3. The van der Waals surface area contributed by atoms with Gasteiger partial charge >= 0.3 is 6.03 Å². The number of carbonyl (C=O) groups excluding carboxylic acids is 3. The number of amides is 4. The van der Waals surface area contributed by atoms with Crippen molar-refractivity contribution >= 4 is 41.2 Å². The van der Waals surface area contributed by atoms with E-state index in [9.17, 15) is 14.4 Å². The number of para-hydroxylation sites is 1. The van der Waals surface area contributed by atoms with Crippen LogP contribution in [-0.4, -0.2) is 34.4 Å². The summed E-state index contributed by atoms with van der Waals surface area (Å²) in [6, 6.07) is 17.2. The van der Waals surface area contributed by atoms with Gasteiger partial charge in [0.1, 0.15) is 5.57 Å². The van der Waals surface area contributed by atoms with Crippen molar-refractivity contribution in [3.8, 4) is 5.69 Å². The van der Waals surface area contributed by atoms with Crippen molar-refractivity contribution in [2.75, 3.05) is 11.9 Å². The zero-order valence-electron chi connectivity index (χ0n) is 17.3. The lowest BCUT2D eigenvalue weighted by atomic mass is 10.1. The standard InChI is InChI=1S/C24H20ClN3O3/c1-15-13-17(16(2)27(15)20-11-9-18(25)10-12-20)14-21-22(29)26(3)24(31)28(23(21)30)19-7-5-4-6-8-19/h4-14H,1-3H3/b21-14-. The first-order valence-electron chi connectivity index (χ1n) is 9.67. The van der Waals surface area contributed by atoms with Gasteiger partial charge in [-0.25, -0.2) is 9.69 Å². The highest BCUT2D eigenvalue weighted by Gasteiger charge is 2.41. The van der Waals surface area contributed by atoms with Crippen LogP contribution < -0.4 is 4.90 Å². The third-order valence-electron chi connectivity index (χ3n) is 5.32. The molecule has 1 fully saturated rings. The topological polar surface area (TPSA) is 62.6 Å². The molecular formula is C24H20ClN3O3. The molecule has 4 rings (SSSR count). The van der Waals surface area contributed by atoms with E-state index in [4.69, 9.17) is 11.6 Å². The molecule has 0 spiro atoms. The van der Waals surface area contributed by atoms with Crippen molar-refractivity contribution in [3.05, 3.63) is 88.2 Å². The van der Waals surface area contributed by atoms with Crippen molar-refractivity contribution in [2.24, 2.45) is 0 Å². The predicted molar refractivity (Wildman–Crippen MR) is 120 cm³/mol. The van der Waals surface area contributed by atoms with Gasteiger partial charge in [0, 0.05) is 29.1 Å². The normalized spacial score (nSPS) is 15.9. The van der Waals surface area contributed by atoms with Crippen LogP contribution in [0.5, 0.6) is 0 Å². The van der Waals surface area contributed by atoms with Crippen LogP contribution in [0, 0.1) is 13.8 Å². The van der Waals surface area contributed by atoms with E-state index in [1.807, 2.05) is 36.6 Å². The van der Waals surface area contributed by atoms with Crippen molar-refractivity contribution in [3.63, 3.8) is 0 Å². The minimum atomic E-state index is -0.676. The largest absolute Gasteiger partial charge is 0.338 e. The van der Waals surface area contributed by atoms with Crippen LogP contribution in [0.15, 0.2) is 66.2 Å². The fraction of sp³-hybridized carbons (Fsp3) is 0.125. The summed E-state index contributed by atoms with van der Waals surface area (Å²) in [4.78, 5) is 40.6. The number of aryl methyl sites for hydroxylation is 1. The molecule has 0 unspecified atom stereocenters. The maximum atomic E-state index is 13.2. The van der Waals surface area contributed by atoms with Crippen LogP contribution in [0.25, 0.3) is 11.8 Å². The molecule has 1 aliphatic rings. The molecule has 0 saturated carbocycles. The smallest absolute Gasteiger partial charge is 0.318 e. The number of barbiturate groups is 1. The van der Waals surface area contributed by atoms with Crippen molar-refractivity contribution in [2.45, 2.75) is 13.8 Å². The summed E-state index contributed by atoms with van der Waals surface area (Å²) in [6.45, 7) is 3.86. The van der Waals surface area contributed by atoms with Crippen LogP contribution in [-0.2, 0) is 9.59 Å². The molecule has 0 radical (unpaired) electrons. The van der Waals surface area contributed by atoms with E-state index >= 15 is 0 Å². The summed E-state index contributed by atoms with van der Waals surface area (Å²) in [6.07, 6.45) is 1.55. The molecule has 0 aliphatic carbocycles. The van der Waals surface area contributed by atoms with E-state index in [2.05, 4.69) is 0 Å². The Hall–Kier alpha value is -3.64. The van der Waals surface area contributed by atoms with Crippen LogP contribution in [0.2, 0.25) is 5.02 Å². The van der Waals surface area contributed by atoms with Crippen LogP contribution in [0.1, 0.15) is 17.0 Å². The Morgan fingerprint density at radius 1 is 0.839 bits per heavy atom. The second kappa shape index (κ2) is 7.89. The minimum absolute atomic E-state index is 0.0673. The summed E-state index contributed by atoms with van der Waals surface area (Å²) in [7, 11) is 1.37. The van der Waals surface area contributed by atoms with Gasteiger partial charge < -0.3 is 4.57 Å². The predicted octanol–water partition coefficient (Wildman–Crippen LogP) is 4.76. The number of imide groups is 2. The number of hydrogen-bond donors (Lipinski definition) is 0. The highest BCUT2D eigenvalue weighted by Crippen LogP contribution is 2.28. The summed E-state index contributed by atoms with van der Waals surface area (Å²) < 4.78 is 2.02. The molecule has 1 aliphatic heterocycles. The third-order valence-corrected chi connectivity index (χ3v) is 5.57. The minimum Gasteiger partial charge on any atom is -0.318 e. The molecule has 6 nitrogen and oxygen atoms in total. The van der Waals surface area contributed by atoms with E-state index in [-0.39, 0.29) is 5.57 Å². The highest BCUT2D eigenvalue weighted by atomic mass is 35.5. The molecule has 156 valence electrons. The lowest BCUT2D eigenvalue weighted by Gasteiger charge is -2.31. The molecule has 1 aromatic heterocycles. The van der Waals surface area contributed by atoms with Gasteiger partial charge in [-0.05, 0) is 68.0 Å². The monoisotopic (exact) mass is 433 g/mol. The second-order valence-corrected chi connectivity index (χ2v) is 7.76. The van der Waals surface area contributed by atoms with E-state index < -0.39 is 17.8 Å². The number of anilines is 1. The molecule has 0 bridgehead atoms. The maximum Gasteiger partial charge on any atom is 0.338 e. The summed E-state index contributed by atoms with van der Waals surface area (Å²) in [5, 5.41) is 0.640. The molecule has 2 heterocycles. The summed E-state index contributed by atoms with van der Waals surface area (Å²) in [5.41, 5.74) is 3.78. The summed E-state index contributed by atoms with van der Waals surface area (Å²) >= 11 is 6.00. The molecule has 0 atom stereocenters. The van der Waals surface area contributed by atoms with Gasteiger partial charge in [-0.2, -0.15) is 0 Å². The van der Waals surface area contributed by atoms with E-state index in [0.717, 1.165) is 32.4 Å². The Balaban J connectivity index is 1.80. The van der Waals surface area contributed by atoms with Crippen molar-refractivity contribution < 1.29 is 14.4 Å². The quantitative estimate of drug-likeness (QED) is 0.442. The van der Waals surface area contributed by atoms with Gasteiger partial charge in [0.2, 0.25) is 0 Å². The Morgan fingerprint density at radius 3 is 2.13 bits per heavy atom. The maximum absolute atomic E-state index is 13.2. The number of aromatic nitrogens is 1. The zero-order chi connectivity index (χ0) is 22.3. The Labute approximate surface area is 184 Å². The van der Waals surface area contributed by atoms with Crippen LogP contribution >= 0.6 is 11.6 Å². The van der Waals surface area contributed by atoms with Gasteiger partial charge in [0.25, 0.3) is 11.8 Å². The zero-order valence-corrected chi connectivity index (χ0v) is 18.1. The first-order chi connectivity index (χ1) is 14.8. The lowest BCUT2D eigenvalue weighted by Crippen LogP contribution is -2.55. The first kappa shape index (κ1) is 20.6. The number of nitrogens with zero attached hydrogens (tertiary/aromatic N) is 3. The van der Waals surface area contributed by atoms with Crippen LogP contribution in [0.4, 0.5) is 10.5 Å². The number of benzene rings is 2. The molecule has 7 heteroatoms. The van der Waals surface area contributed by atoms with Crippen molar-refractivity contribution in [1.29, 1.82) is 0 Å². The van der Waals surface area contributed by atoms with E-state index in [0.29, 0.717) is 10.7 Å². The molecule has 1 saturated heterocycles. The second-order valence-electron chi connectivity index (χ2n) is 7.32. The SMILES string of the molecule is Cc1cc(/C=C2/C(=O)N(C)C(=O)N(c3ccccc3)C2=O)c(C)n1-c1ccc(Cl)cc1. The Morgan fingerprint density at radius 2 is 1.48 bits per heavy atom. The average Bonchev–Trinajstić information content (AvgIpc) is 3.04. The van der Waals surface area contributed by atoms with Crippen molar-refractivity contribution in [1.82, 2.24) is 9.47 Å². The number of carbonyl (C=O) groups is 3. The molecule has 4 amide bonds. The number of urea groups is 1. The molecule has 31 heavy (non-hydrogen) atoms. The van der Waals surface area contributed by atoms with Gasteiger partial charge in [-0.15, -0.1) is 0 Å². The Bertz CT molecular complexity index is 1230. The number of likely N-dealkylation sites (N-methyl/N-ethyl adjacent to an activating group) is 1. The average molecular weight is 434 g/mol.